The van der Waals surface area contributed by atoms with Gasteiger partial charge in [0, 0.05) is 49.9 Å². The van der Waals surface area contributed by atoms with E-state index in [1.165, 1.54) is 81.1 Å². The first kappa shape index (κ1) is 49.2. The number of carbonyl (C=O) groups is 1. The molecule has 0 amide bonds. The van der Waals surface area contributed by atoms with Crippen molar-refractivity contribution in [2.24, 2.45) is 11.3 Å². The number of hydrogen-bond acceptors (Lipinski definition) is 4. The summed E-state index contributed by atoms with van der Waals surface area (Å²) in [6.45, 7) is 22.9. The van der Waals surface area contributed by atoms with Gasteiger partial charge in [-0.05, 0) is 107 Å². The first-order valence-corrected chi connectivity index (χ1v) is 22.4. The summed E-state index contributed by atoms with van der Waals surface area (Å²) in [6.07, 6.45) is 14.1. The van der Waals surface area contributed by atoms with Gasteiger partial charge in [0.1, 0.15) is 0 Å². The average molecular weight is 993 g/mol. The van der Waals surface area contributed by atoms with E-state index in [2.05, 4.69) is 136 Å². The summed E-state index contributed by atoms with van der Waals surface area (Å²) in [5.41, 5.74) is 11.6. The second-order valence-corrected chi connectivity index (χ2v) is 17.6. The molecule has 61 heavy (non-hydrogen) atoms. The maximum atomic E-state index is 12.0. The number of rotatable bonds is 11. The topological polar surface area (TPSA) is 63.1 Å². The van der Waals surface area contributed by atoms with Crippen LogP contribution in [0.25, 0.3) is 44.1 Å². The zero-order valence-corrected chi connectivity index (χ0v) is 41.0. The molecule has 4 nitrogen and oxygen atoms in total. The van der Waals surface area contributed by atoms with Crippen LogP contribution in [0.5, 0.6) is 0 Å². The van der Waals surface area contributed by atoms with Crippen LogP contribution < -0.4 is 0 Å². The molecule has 1 aliphatic carbocycles. The number of allylic oxidation sites excluding steroid dienone is 2. The zero-order chi connectivity index (χ0) is 43.6. The molecule has 1 aliphatic rings. The van der Waals surface area contributed by atoms with Crippen molar-refractivity contribution < 1.29 is 30.0 Å². The SMILES string of the molecule is CCC(CC)/C(O)=C/C(=O)C(C)(CC)CC.Cc1[c-]c(-c2nccc3cc(C(C)C)ccc23)cc(C)c1.Cc1[c-]c(-c2nccc3cc(C4CCCC4)ccc23)cc(C)c1.[Ir]. The second kappa shape index (κ2) is 22.6. The van der Waals surface area contributed by atoms with E-state index in [1.807, 2.05) is 47.0 Å². The molecule has 4 aromatic carbocycles. The van der Waals surface area contributed by atoms with E-state index >= 15 is 0 Å². The van der Waals surface area contributed by atoms with E-state index < -0.39 is 0 Å². The minimum atomic E-state index is -0.319. The van der Waals surface area contributed by atoms with Crippen molar-refractivity contribution in [2.75, 3.05) is 0 Å². The maximum Gasteiger partial charge on any atom is 0.164 e. The van der Waals surface area contributed by atoms with Crippen LogP contribution in [0, 0.1) is 51.2 Å². The third-order valence-electron chi connectivity index (χ3n) is 12.7. The van der Waals surface area contributed by atoms with Crippen molar-refractivity contribution in [1.82, 2.24) is 9.97 Å². The molecule has 6 aromatic rings. The van der Waals surface area contributed by atoms with Gasteiger partial charge in [-0.15, -0.1) is 69.8 Å². The van der Waals surface area contributed by atoms with Gasteiger partial charge < -0.3 is 15.1 Å². The van der Waals surface area contributed by atoms with Crippen molar-refractivity contribution in [2.45, 2.75) is 139 Å². The minimum absolute atomic E-state index is 0. The number of aliphatic hydroxyl groups excluding tert-OH is 1. The Morgan fingerprint density at radius 3 is 1.69 bits per heavy atom. The Labute approximate surface area is 381 Å². The molecule has 2 heterocycles. The number of aryl methyl sites for hydroxylation is 4. The fraction of sp³-hybridized carbons (Fsp3) is 0.411. The van der Waals surface area contributed by atoms with Gasteiger partial charge in [-0.2, -0.15) is 0 Å². The van der Waals surface area contributed by atoms with Gasteiger partial charge in [-0.3, -0.25) is 4.79 Å². The molecule has 0 spiro atoms. The molecule has 0 bridgehead atoms. The third kappa shape index (κ3) is 12.6. The normalized spacial score (nSPS) is 13.2. The summed E-state index contributed by atoms with van der Waals surface area (Å²) >= 11 is 0. The smallest absolute Gasteiger partial charge is 0.164 e. The molecule has 325 valence electrons. The fourth-order valence-electron chi connectivity index (χ4n) is 8.47. The van der Waals surface area contributed by atoms with Crippen molar-refractivity contribution in [3.8, 4) is 22.5 Å². The summed E-state index contributed by atoms with van der Waals surface area (Å²) in [7, 11) is 0. The van der Waals surface area contributed by atoms with Gasteiger partial charge in [0.2, 0.25) is 0 Å². The molecule has 7 rings (SSSR count). The van der Waals surface area contributed by atoms with Gasteiger partial charge in [0.25, 0.3) is 0 Å². The van der Waals surface area contributed by atoms with Gasteiger partial charge in [-0.1, -0.05) is 125 Å². The molecule has 2 aromatic heterocycles. The average Bonchev–Trinajstić information content (AvgIpc) is 3.78. The van der Waals surface area contributed by atoms with Crippen LogP contribution in [0.3, 0.4) is 0 Å². The van der Waals surface area contributed by atoms with E-state index in [-0.39, 0.29) is 43.0 Å². The van der Waals surface area contributed by atoms with E-state index in [4.69, 9.17) is 0 Å². The number of hydrogen-bond donors (Lipinski definition) is 1. The van der Waals surface area contributed by atoms with Crippen LogP contribution in [0.2, 0.25) is 0 Å². The summed E-state index contributed by atoms with van der Waals surface area (Å²) < 4.78 is 0. The molecule has 0 aliphatic heterocycles. The van der Waals surface area contributed by atoms with Gasteiger partial charge in [0.15, 0.2) is 5.78 Å². The number of nitrogens with zero attached hydrogens (tertiary/aromatic N) is 2. The molecule has 5 heteroatoms. The van der Waals surface area contributed by atoms with Gasteiger partial charge >= 0.3 is 0 Å². The molecule has 1 saturated carbocycles. The fourth-order valence-corrected chi connectivity index (χ4v) is 8.47. The standard InChI is InChI=1S/C22H22N.C20H20N.C14H26O2.Ir/c1-15-11-16(2)13-20(12-15)22-21-8-7-18(17-5-3-4-6-17)14-19(21)9-10-23-22;1-13(2)16-5-6-19-17(12-16)7-8-21-20(19)18-10-14(3)9-15(4)11-18;1-6-11(7-2)12(15)10-13(16)14(5,8-3)9-4;/h7-12,14,17H,3-6H2,1-2H3;5-10,12-13H,1-4H3;10-11,15H,6-9H2,1-5H3;/q2*-1;;/b;;12-10-;. The first-order valence-electron chi connectivity index (χ1n) is 22.4. The third-order valence-corrected chi connectivity index (χ3v) is 12.7. The number of fused-ring (bicyclic) bond motifs is 2. The van der Waals surface area contributed by atoms with E-state index in [0.29, 0.717) is 5.92 Å². The molecule has 0 saturated heterocycles. The Bertz CT molecular complexity index is 2370. The zero-order valence-electron chi connectivity index (χ0n) is 38.6. The van der Waals surface area contributed by atoms with Gasteiger partial charge in [0.05, 0.1) is 5.76 Å². The molecule has 0 atom stereocenters. The van der Waals surface area contributed by atoms with Crippen LogP contribution in [-0.4, -0.2) is 20.9 Å². The van der Waals surface area contributed by atoms with Crippen LogP contribution in [-0.2, 0) is 24.9 Å². The number of pyridine rings is 2. The Kier molecular flexibility index (Phi) is 18.2. The van der Waals surface area contributed by atoms with Crippen molar-refractivity contribution >= 4 is 27.3 Å². The number of aromatic nitrogens is 2. The van der Waals surface area contributed by atoms with E-state index in [9.17, 15) is 9.90 Å². The van der Waals surface area contributed by atoms with Crippen LogP contribution in [0.4, 0.5) is 0 Å². The Hall–Kier alpha value is -4.44. The summed E-state index contributed by atoms with van der Waals surface area (Å²) in [4.78, 5) is 21.3. The number of ketones is 1. The Morgan fingerprint density at radius 2 is 1.23 bits per heavy atom. The van der Waals surface area contributed by atoms with Crippen LogP contribution in [0.15, 0.2) is 97.0 Å². The molecule has 1 radical (unpaired) electrons. The first-order chi connectivity index (χ1) is 28.7. The summed E-state index contributed by atoms with van der Waals surface area (Å²) in [6, 6.07) is 33.4. The predicted molar refractivity (Wildman–Crippen MR) is 255 cm³/mol. The van der Waals surface area contributed by atoms with Crippen LogP contribution in [0.1, 0.15) is 145 Å². The summed E-state index contributed by atoms with van der Waals surface area (Å²) in [5, 5.41) is 14.9. The quantitative estimate of drug-likeness (QED) is 0.0798. The van der Waals surface area contributed by atoms with Crippen molar-refractivity contribution in [3.05, 3.63) is 143 Å². The largest absolute Gasteiger partial charge is 0.512 e. The van der Waals surface area contributed by atoms with E-state index in [0.717, 1.165) is 59.7 Å². The summed E-state index contributed by atoms with van der Waals surface area (Å²) in [5.74, 6) is 1.73. The molecular weight excluding hydrogens is 925 g/mol. The second-order valence-electron chi connectivity index (χ2n) is 17.6. The maximum absolute atomic E-state index is 12.0. The number of benzene rings is 4. The molecule has 1 N–H and O–H groups in total. The van der Waals surface area contributed by atoms with Gasteiger partial charge in [-0.25, -0.2) is 0 Å². The molecular formula is C56H68IrN2O2-2. The molecule has 1 fully saturated rings. The Morgan fingerprint density at radius 1 is 0.738 bits per heavy atom. The molecule has 0 unspecified atom stereocenters. The number of carbonyl (C=O) groups excluding carboxylic acids is 1. The van der Waals surface area contributed by atoms with Crippen molar-refractivity contribution in [1.29, 1.82) is 0 Å². The van der Waals surface area contributed by atoms with Crippen LogP contribution >= 0.6 is 0 Å². The minimum Gasteiger partial charge on any atom is -0.512 e. The number of aliphatic hydroxyl groups is 1. The monoisotopic (exact) mass is 993 g/mol. The van der Waals surface area contributed by atoms with Crippen molar-refractivity contribution in [3.63, 3.8) is 0 Å². The van der Waals surface area contributed by atoms with E-state index in [1.54, 1.807) is 0 Å². The predicted octanol–water partition coefficient (Wildman–Crippen LogP) is 15.7. The Balaban J connectivity index is 0.000000204.